The topological polar surface area (TPSA) is 40.5 Å². The van der Waals surface area contributed by atoms with Crippen molar-refractivity contribution >= 4 is 5.97 Å². The molecule has 1 saturated carbocycles. The minimum atomic E-state index is -0.639. The second-order valence-corrected chi connectivity index (χ2v) is 5.40. The summed E-state index contributed by atoms with van der Waals surface area (Å²) < 4.78 is 0. The Bertz CT molecular complexity index is 266. The highest BCUT2D eigenvalue weighted by Crippen LogP contribution is 2.44. The molecule has 2 aliphatic rings. The van der Waals surface area contributed by atoms with Crippen LogP contribution in [0.5, 0.6) is 0 Å². The summed E-state index contributed by atoms with van der Waals surface area (Å²) >= 11 is 0. The Hall–Kier alpha value is -0.570. The van der Waals surface area contributed by atoms with Crippen LogP contribution in [-0.2, 0) is 4.79 Å². The second-order valence-electron chi connectivity index (χ2n) is 5.40. The van der Waals surface area contributed by atoms with E-state index >= 15 is 0 Å². The Morgan fingerprint density at radius 1 is 1.40 bits per heavy atom. The van der Waals surface area contributed by atoms with Crippen LogP contribution in [0, 0.1) is 17.8 Å². The van der Waals surface area contributed by atoms with Crippen molar-refractivity contribution in [2.24, 2.45) is 17.8 Å². The average molecular weight is 211 g/mol. The molecule has 1 saturated heterocycles. The van der Waals surface area contributed by atoms with Gasteiger partial charge in [-0.3, -0.25) is 9.69 Å². The second kappa shape index (κ2) is 3.78. The van der Waals surface area contributed by atoms with Crippen molar-refractivity contribution in [3.8, 4) is 0 Å². The number of nitrogens with zero attached hydrogens (tertiary/aromatic N) is 1. The Morgan fingerprint density at radius 3 is 2.47 bits per heavy atom. The van der Waals surface area contributed by atoms with E-state index in [1.54, 1.807) is 0 Å². The van der Waals surface area contributed by atoms with Crippen molar-refractivity contribution in [2.45, 2.75) is 45.7 Å². The van der Waals surface area contributed by atoms with Crippen LogP contribution in [0.2, 0.25) is 0 Å². The fourth-order valence-electron chi connectivity index (χ4n) is 3.09. The van der Waals surface area contributed by atoms with Crippen molar-refractivity contribution < 1.29 is 9.90 Å². The van der Waals surface area contributed by atoms with E-state index in [4.69, 9.17) is 0 Å². The van der Waals surface area contributed by atoms with Gasteiger partial charge in [-0.1, -0.05) is 13.8 Å². The van der Waals surface area contributed by atoms with Crippen molar-refractivity contribution in [2.75, 3.05) is 6.54 Å². The van der Waals surface area contributed by atoms with Crippen molar-refractivity contribution in [3.63, 3.8) is 0 Å². The molecule has 0 radical (unpaired) electrons. The number of likely N-dealkylation sites (tertiary alicyclic amines) is 1. The third-order valence-corrected chi connectivity index (χ3v) is 4.31. The third-order valence-electron chi connectivity index (χ3n) is 4.31. The lowest BCUT2D eigenvalue weighted by Gasteiger charge is -2.29. The van der Waals surface area contributed by atoms with E-state index in [1.807, 2.05) is 0 Å². The van der Waals surface area contributed by atoms with Gasteiger partial charge in [-0.2, -0.15) is 0 Å². The molecule has 1 N–H and O–H groups in total. The highest BCUT2D eigenvalue weighted by molar-refractivity contribution is 5.74. The van der Waals surface area contributed by atoms with Gasteiger partial charge in [-0.05, 0) is 44.1 Å². The summed E-state index contributed by atoms with van der Waals surface area (Å²) in [6.45, 7) is 7.48. The van der Waals surface area contributed by atoms with E-state index in [0.717, 1.165) is 24.8 Å². The summed E-state index contributed by atoms with van der Waals surface area (Å²) in [5, 5.41) is 9.23. The van der Waals surface area contributed by atoms with Gasteiger partial charge in [0.25, 0.3) is 0 Å². The van der Waals surface area contributed by atoms with Crippen LogP contribution in [0.3, 0.4) is 0 Å². The van der Waals surface area contributed by atoms with Crippen LogP contribution in [-0.4, -0.2) is 34.6 Å². The number of rotatable bonds is 3. The number of carboxylic acid groups (broad SMARTS) is 1. The van der Waals surface area contributed by atoms with E-state index in [2.05, 4.69) is 25.7 Å². The fraction of sp³-hybridized carbons (Fsp3) is 0.917. The Morgan fingerprint density at radius 2 is 2.00 bits per heavy atom. The van der Waals surface area contributed by atoms with Gasteiger partial charge in [0.1, 0.15) is 6.04 Å². The molecule has 15 heavy (non-hydrogen) atoms. The molecule has 2 rings (SSSR count). The number of carboxylic acids is 1. The molecule has 1 heterocycles. The average Bonchev–Trinajstić information content (AvgIpc) is 2.74. The number of hydrogen-bond donors (Lipinski definition) is 1. The molecule has 5 unspecified atom stereocenters. The van der Waals surface area contributed by atoms with Crippen LogP contribution >= 0.6 is 0 Å². The third kappa shape index (κ3) is 1.89. The number of aliphatic carboxylic acids is 1. The lowest BCUT2D eigenvalue weighted by atomic mass is 10.0. The first-order valence-electron chi connectivity index (χ1n) is 6.01. The largest absolute Gasteiger partial charge is 0.480 e. The summed E-state index contributed by atoms with van der Waals surface area (Å²) in [6, 6.07) is 0.207. The maximum Gasteiger partial charge on any atom is 0.321 e. The van der Waals surface area contributed by atoms with E-state index in [0.29, 0.717) is 12.0 Å². The molecular weight excluding hydrogens is 190 g/mol. The van der Waals surface area contributed by atoms with Crippen molar-refractivity contribution in [1.29, 1.82) is 0 Å². The van der Waals surface area contributed by atoms with Gasteiger partial charge in [-0.15, -0.1) is 0 Å². The molecule has 3 nitrogen and oxygen atoms in total. The zero-order valence-corrected chi connectivity index (χ0v) is 9.81. The lowest BCUT2D eigenvalue weighted by Crippen LogP contribution is -2.45. The smallest absolute Gasteiger partial charge is 0.321 e. The first-order valence-corrected chi connectivity index (χ1v) is 6.01. The zero-order chi connectivity index (χ0) is 11.2. The zero-order valence-electron chi connectivity index (χ0n) is 9.81. The van der Waals surface area contributed by atoms with Gasteiger partial charge < -0.3 is 5.11 Å². The molecule has 0 aromatic rings. The monoisotopic (exact) mass is 211 g/mol. The highest BCUT2D eigenvalue weighted by atomic mass is 16.4. The minimum Gasteiger partial charge on any atom is -0.480 e. The molecular formula is C12H21NO2. The fourth-order valence-corrected chi connectivity index (χ4v) is 3.09. The SMILES string of the molecule is CC1CC1C(C)N1CCC(C)C1C(=O)O. The molecule has 0 bridgehead atoms. The number of hydrogen-bond acceptors (Lipinski definition) is 2. The quantitative estimate of drug-likeness (QED) is 0.774. The first kappa shape index (κ1) is 10.9. The van der Waals surface area contributed by atoms with Crippen molar-refractivity contribution in [3.05, 3.63) is 0 Å². The molecule has 1 aliphatic carbocycles. The van der Waals surface area contributed by atoms with Crippen LogP contribution < -0.4 is 0 Å². The molecule has 5 atom stereocenters. The predicted molar refractivity (Wildman–Crippen MR) is 58.6 cm³/mol. The molecule has 1 aliphatic heterocycles. The number of carbonyl (C=O) groups is 1. The Balaban J connectivity index is 2.04. The minimum absolute atomic E-state index is 0.243. The van der Waals surface area contributed by atoms with Gasteiger partial charge in [0, 0.05) is 6.04 Å². The summed E-state index contributed by atoms with van der Waals surface area (Å²) in [6.07, 6.45) is 2.31. The van der Waals surface area contributed by atoms with Crippen molar-refractivity contribution in [1.82, 2.24) is 4.90 Å². The molecule has 0 aromatic carbocycles. The van der Waals surface area contributed by atoms with Gasteiger partial charge in [-0.25, -0.2) is 0 Å². The van der Waals surface area contributed by atoms with Gasteiger partial charge >= 0.3 is 5.97 Å². The summed E-state index contributed by atoms with van der Waals surface area (Å²) in [5.74, 6) is 1.20. The molecule has 3 heteroatoms. The molecule has 0 aromatic heterocycles. The van der Waals surface area contributed by atoms with Crippen LogP contribution in [0.1, 0.15) is 33.6 Å². The molecule has 0 amide bonds. The maximum atomic E-state index is 11.2. The Kier molecular flexibility index (Phi) is 2.75. The summed E-state index contributed by atoms with van der Waals surface area (Å²) in [5.41, 5.74) is 0. The van der Waals surface area contributed by atoms with Crippen LogP contribution in [0.4, 0.5) is 0 Å². The molecule has 86 valence electrons. The lowest BCUT2D eigenvalue weighted by molar-refractivity contribution is -0.144. The molecule has 2 fully saturated rings. The highest BCUT2D eigenvalue weighted by Gasteiger charge is 2.46. The Labute approximate surface area is 91.5 Å². The molecule has 0 spiro atoms. The standard InChI is InChI=1S/C12H21NO2/c1-7-4-5-13(11(7)12(14)15)9(3)10-6-8(10)2/h7-11H,4-6H2,1-3H3,(H,14,15). The van der Waals surface area contributed by atoms with Crippen LogP contribution in [0.15, 0.2) is 0 Å². The first-order chi connectivity index (χ1) is 7.02. The summed E-state index contributed by atoms with van der Waals surface area (Å²) in [4.78, 5) is 13.4. The van der Waals surface area contributed by atoms with E-state index in [1.165, 1.54) is 6.42 Å². The van der Waals surface area contributed by atoms with Crippen LogP contribution in [0.25, 0.3) is 0 Å². The van der Waals surface area contributed by atoms with Gasteiger partial charge in [0.2, 0.25) is 0 Å². The van der Waals surface area contributed by atoms with E-state index < -0.39 is 5.97 Å². The van der Waals surface area contributed by atoms with Gasteiger partial charge in [0.15, 0.2) is 0 Å². The van der Waals surface area contributed by atoms with E-state index in [9.17, 15) is 9.90 Å². The van der Waals surface area contributed by atoms with Gasteiger partial charge in [0.05, 0.1) is 0 Å². The summed E-state index contributed by atoms with van der Waals surface area (Å²) in [7, 11) is 0. The van der Waals surface area contributed by atoms with E-state index in [-0.39, 0.29) is 6.04 Å². The predicted octanol–water partition coefficient (Wildman–Crippen LogP) is 1.83. The maximum absolute atomic E-state index is 11.2. The normalized spacial score (nSPS) is 42.9.